The summed E-state index contributed by atoms with van der Waals surface area (Å²) in [6.45, 7) is 5.77. The molecule has 1 aromatic rings. The van der Waals surface area contributed by atoms with Gasteiger partial charge >= 0.3 is 0 Å². The Kier molecular flexibility index (Phi) is 5.46. The summed E-state index contributed by atoms with van der Waals surface area (Å²) in [5, 5.41) is 3.16. The number of hydrogen-bond acceptors (Lipinski definition) is 3. The van der Waals surface area contributed by atoms with Crippen molar-refractivity contribution in [2.75, 3.05) is 7.05 Å². The topological polar surface area (TPSA) is 34.4 Å². The molecule has 2 rings (SSSR count). The molecule has 0 bridgehead atoms. The molecule has 0 aromatic carbocycles. The lowest BCUT2D eigenvalue weighted by molar-refractivity contribution is -0.0285. The summed E-state index contributed by atoms with van der Waals surface area (Å²) in [5.74, 6) is 2.70. The van der Waals surface area contributed by atoms with E-state index in [1.165, 1.54) is 37.7 Å². The van der Waals surface area contributed by atoms with E-state index in [1.54, 1.807) is 0 Å². The molecule has 1 saturated carbocycles. The molecule has 108 valence electrons. The summed E-state index contributed by atoms with van der Waals surface area (Å²) in [4.78, 5) is 0. The van der Waals surface area contributed by atoms with Gasteiger partial charge in [0.05, 0.1) is 6.10 Å². The fourth-order valence-corrected chi connectivity index (χ4v) is 3.07. The molecule has 1 N–H and O–H groups in total. The predicted molar refractivity (Wildman–Crippen MR) is 77.0 cm³/mol. The van der Waals surface area contributed by atoms with Gasteiger partial charge in [-0.2, -0.15) is 0 Å². The van der Waals surface area contributed by atoms with Gasteiger partial charge in [0, 0.05) is 12.1 Å². The van der Waals surface area contributed by atoms with Crippen LogP contribution in [0.25, 0.3) is 0 Å². The van der Waals surface area contributed by atoms with Gasteiger partial charge in [0.1, 0.15) is 18.1 Å². The number of aryl methyl sites for hydroxylation is 1. The highest BCUT2D eigenvalue weighted by molar-refractivity contribution is 5.20. The van der Waals surface area contributed by atoms with Crippen LogP contribution < -0.4 is 5.32 Å². The Morgan fingerprint density at radius 1 is 1.37 bits per heavy atom. The molecule has 3 heteroatoms. The van der Waals surface area contributed by atoms with Crippen LogP contribution in [0.15, 0.2) is 10.5 Å². The number of nitrogens with one attached hydrogen (secondary N) is 1. The largest absolute Gasteiger partial charge is 0.464 e. The number of furan rings is 1. The first-order valence-corrected chi connectivity index (χ1v) is 7.59. The van der Waals surface area contributed by atoms with Gasteiger partial charge < -0.3 is 14.5 Å². The zero-order valence-electron chi connectivity index (χ0n) is 12.5. The van der Waals surface area contributed by atoms with E-state index >= 15 is 0 Å². The lowest BCUT2D eigenvalue weighted by Crippen LogP contribution is -2.27. The van der Waals surface area contributed by atoms with E-state index < -0.39 is 0 Å². The van der Waals surface area contributed by atoms with Crippen LogP contribution in [0.1, 0.15) is 56.1 Å². The van der Waals surface area contributed by atoms with Crippen molar-refractivity contribution in [2.24, 2.45) is 5.92 Å². The lowest BCUT2D eigenvalue weighted by atomic mass is 9.85. The van der Waals surface area contributed by atoms with Crippen LogP contribution >= 0.6 is 0 Å². The second-order valence-electron chi connectivity index (χ2n) is 5.63. The molecule has 2 unspecified atom stereocenters. The Balaban J connectivity index is 1.88. The molecule has 1 aromatic heterocycles. The van der Waals surface area contributed by atoms with Crippen LogP contribution in [0.3, 0.4) is 0 Å². The SMILES string of the molecule is CCC1CCCCC1OCc1cc(CNC)c(C)o1. The summed E-state index contributed by atoms with van der Waals surface area (Å²) in [6, 6.07) is 2.12. The Bertz CT molecular complexity index is 386. The zero-order valence-corrected chi connectivity index (χ0v) is 12.5. The molecule has 2 atom stereocenters. The van der Waals surface area contributed by atoms with Gasteiger partial charge in [-0.1, -0.05) is 26.2 Å². The normalized spacial score (nSPS) is 23.7. The summed E-state index contributed by atoms with van der Waals surface area (Å²) >= 11 is 0. The van der Waals surface area contributed by atoms with Crippen LogP contribution in [-0.4, -0.2) is 13.2 Å². The minimum absolute atomic E-state index is 0.428. The van der Waals surface area contributed by atoms with Gasteiger partial charge in [0.25, 0.3) is 0 Å². The fraction of sp³-hybridized carbons (Fsp3) is 0.750. The highest BCUT2D eigenvalue weighted by Gasteiger charge is 2.24. The van der Waals surface area contributed by atoms with E-state index in [4.69, 9.17) is 9.15 Å². The molecule has 0 amide bonds. The van der Waals surface area contributed by atoms with E-state index in [1.807, 2.05) is 14.0 Å². The summed E-state index contributed by atoms with van der Waals surface area (Å²) in [7, 11) is 1.95. The van der Waals surface area contributed by atoms with Gasteiger partial charge in [-0.3, -0.25) is 0 Å². The maximum absolute atomic E-state index is 6.10. The third kappa shape index (κ3) is 3.83. The highest BCUT2D eigenvalue weighted by Crippen LogP contribution is 2.30. The Morgan fingerprint density at radius 3 is 2.89 bits per heavy atom. The highest BCUT2D eigenvalue weighted by atomic mass is 16.5. The molecule has 0 saturated heterocycles. The van der Waals surface area contributed by atoms with E-state index in [-0.39, 0.29) is 0 Å². The third-order valence-corrected chi connectivity index (χ3v) is 4.24. The van der Waals surface area contributed by atoms with Crippen molar-refractivity contribution in [3.63, 3.8) is 0 Å². The van der Waals surface area contributed by atoms with Crippen molar-refractivity contribution in [1.82, 2.24) is 5.32 Å². The van der Waals surface area contributed by atoms with Crippen molar-refractivity contribution < 1.29 is 9.15 Å². The number of rotatable bonds is 6. The first kappa shape index (κ1) is 14.6. The van der Waals surface area contributed by atoms with Crippen molar-refractivity contribution in [3.05, 3.63) is 23.2 Å². The van der Waals surface area contributed by atoms with Gasteiger partial charge in [-0.15, -0.1) is 0 Å². The van der Waals surface area contributed by atoms with Crippen molar-refractivity contribution >= 4 is 0 Å². The third-order valence-electron chi connectivity index (χ3n) is 4.24. The van der Waals surface area contributed by atoms with Gasteiger partial charge in [0.2, 0.25) is 0 Å². The van der Waals surface area contributed by atoms with E-state index in [9.17, 15) is 0 Å². The Morgan fingerprint density at radius 2 is 2.16 bits per heavy atom. The molecule has 19 heavy (non-hydrogen) atoms. The summed E-state index contributed by atoms with van der Waals surface area (Å²) in [6.07, 6.45) is 6.86. The molecule has 0 aliphatic heterocycles. The fourth-order valence-electron chi connectivity index (χ4n) is 3.07. The van der Waals surface area contributed by atoms with Crippen LogP contribution in [0, 0.1) is 12.8 Å². The molecule has 1 fully saturated rings. The van der Waals surface area contributed by atoms with E-state index in [0.717, 1.165) is 24.0 Å². The molecular formula is C16H27NO2. The minimum Gasteiger partial charge on any atom is -0.464 e. The maximum Gasteiger partial charge on any atom is 0.130 e. The second kappa shape index (κ2) is 7.11. The molecule has 0 radical (unpaired) electrons. The summed E-state index contributed by atoms with van der Waals surface area (Å²) in [5.41, 5.74) is 1.23. The monoisotopic (exact) mass is 265 g/mol. The molecular weight excluding hydrogens is 238 g/mol. The first-order valence-electron chi connectivity index (χ1n) is 7.59. The molecule has 1 aliphatic rings. The Hall–Kier alpha value is -0.800. The van der Waals surface area contributed by atoms with Crippen LogP contribution in [0.2, 0.25) is 0 Å². The van der Waals surface area contributed by atoms with Crippen LogP contribution in [0.5, 0.6) is 0 Å². The second-order valence-corrected chi connectivity index (χ2v) is 5.63. The van der Waals surface area contributed by atoms with Gasteiger partial charge in [-0.25, -0.2) is 0 Å². The zero-order chi connectivity index (χ0) is 13.7. The molecule has 3 nitrogen and oxygen atoms in total. The van der Waals surface area contributed by atoms with Crippen LogP contribution in [-0.2, 0) is 17.9 Å². The first-order chi connectivity index (χ1) is 9.24. The standard InChI is InChI=1S/C16H27NO2/c1-4-13-7-5-6-8-16(13)18-11-15-9-14(10-17-3)12(2)19-15/h9,13,16-17H,4-8,10-11H2,1-3H3. The van der Waals surface area contributed by atoms with Crippen molar-refractivity contribution in [2.45, 2.75) is 65.2 Å². The van der Waals surface area contributed by atoms with Gasteiger partial charge in [-0.05, 0) is 38.8 Å². The Labute approximate surface area is 116 Å². The summed E-state index contributed by atoms with van der Waals surface area (Å²) < 4.78 is 11.9. The van der Waals surface area contributed by atoms with Crippen molar-refractivity contribution in [1.29, 1.82) is 0 Å². The smallest absolute Gasteiger partial charge is 0.130 e. The van der Waals surface area contributed by atoms with Crippen molar-refractivity contribution in [3.8, 4) is 0 Å². The average Bonchev–Trinajstić information content (AvgIpc) is 2.78. The van der Waals surface area contributed by atoms with E-state index in [0.29, 0.717) is 12.7 Å². The average molecular weight is 265 g/mol. The number of hydrogen-bond donors (Lipinski definition) is 1. The lowest BCUT2D eigenvalue weighted by Gasteiger charge is -2.30. The predicted octanol–water partition coefficient (Wildman–Crippen LogP) is 3.79. The molecule has 1 aliphatic carbocycles. The maximum atomic E-state index is 6.10. The number of ether oxygens (including phenoxy) is 1. The molecule has 1 heterocycles. The van der Waals surface area contributed by atoms with E-state index in [2.05, 4.69) is 18.3 Å². The van der Waals surface area contributed by atoms with Crippen LogP contribution in [0.4, 0.5) is 0 Å². The molecule has 0 spiro atoms. The quantitative estimate of drug-likeness (QED) is 0.849. The van der Waals surface area contributed by atoms with Gasteiger partial charge in [0.15, 0.2) is 0 Å². The minimum atomic E-state index is 0.428.